The van der Waals surface area contributed by atoms with Gasteiger partial charge in [0.05, 0.1) is 16.6 Å². The predicted molar refractivity (Wildman–Crippen MR) is 98.1 cm³/mol. The zero-order chi connectivity index (χ0) is 18.0. The molecule has 1 aliphatic carbocycles. The number of carbonyl (C=O) groups excluding carboxylic acids is 1. The largest absolute Gasteiger partial charge is 0.407 e. The number of hydrogen-bond acceptors (Lipinski definition) is 6. The second kappa shape index (κ2) is 7.70. The number of pyridine rings is 1. The van der Waals surface area contributed by atoms with E-state index in [1.54, 1.807) is 12.4 Å². The Labute approximate surface area is 156 Å². The first-order chi connectivity index (χ1) is 12.0. The zero-order valence-electron chi connectivity index (χ0n) is 14.5. The number of aromatic nitrogens is 3. The molecule has 2 aromatic heterocycles. The lowest BCUT2D eigenvalue weighted by molar-refractivity contribution is -0.138. The Morgan fingerprint density at radius 3 is 2.84 bits per heavy atom. The van der Waals surface area contributed by atoms with E-state index in [9.17, 15) is 4.79 Å². The minimum Gasteiger partial charge on any atom is -0.407 e. The average Bonchev–Trinajstić information content (AvgIpc) is 3.03. The highest BCUT2D eigenvalue weighted by Gasteiger charge is 2.23. The van der Waals surface area contributed by atoms with Crippen LogP contribution in [0.5, 0.6) is 5.88 Å². The summed E-state index contributed by atoms with van der Waals surface area (Å²) in [5.41, 5.74) is 4.01. The lowest BCUT2D eigenvalue weighted by Gasteiger charge is -2.12. The Kier molecular flexibility index (Phi) is 5.59. The zero-order valence-corrected chi connectivity index (χ0v) is 16.1. The first-order valence-corrected chi connectivity index (χ1v) is 9.65. The summed E-state index contributed by atoms with van der Waals surface area (Å²) in [5, 5.41) is 1.25. The lowest BCUT2D eigenvalue weighted by Crippen LogP contribution is -2.17. The van der Waals surface area contributed by atoms with Crippen molar-refractivity contribution in [3.05, 3.63) is 39.8 Å². The number of aryl methyl sites for hydroxylation is 2. The number of hydrogen-bond donors (Lipinski definition) is 0. The summed E-state index contributed by atoms with van der Waals surface area (Å²) in [6, 6.07) is 0. The number of fused-ring (bicyclic) bond motifs is 1. The van der Waals surface area contributed by atoms with Crippen molar-refractivity contribution in [2.45, 2.75) is 50.9 Å². The maximum Gasteiger partial charge on any atom is 0.315 e. The first kappa shape index (κ1) is 18.1. The van der Waals surface area contributed by atoms with Gasteiger partial charge in [-0.25, -0.2) is 4.98 Å². The molecule has 2 heterocycles. The molecule has 2 aromatic rings. The molecule has 0 spiro atoms. The molecule has 1 aliphatic rings. The number of esters is 1. The first-order valence-electron chi connectivity index (χ1n) is 8.29. The summed E-state index contributed by atoms with van der Waals surface area (Å²) in [7, 11) is 0. The molecule has 0 aromatic carbocycles. The highest BCUT2D eigenvalue weighted by Crippen LogP contribution is 2.33. The monoisotopic (exact) mass is 377 g/mol. The smallest absolute Gasteiger partial charge is 0.315 e. The van der Waals surface area contributed by atoms with E-state index >= 15 is 0 Å². The second-order valence-electron chi connectivity index (χ2n) is 6.37. The van der Waals surface area contributed by atoms with E-state index in [0.717, 1.165) is 41.6 Å². The van der Waals surface area contributed by atoms with Gasteiger partial charge in [-0.05, 0) is 37.3 Å². The Morgan fingerprint density at radius 1 is 1.32 bits per heavy atom. The van der Waals surface area contributed by atoms with Crippen molar-refractivity contribution in [2.75, 3.05) is 0 Å². The third-order valence-corrected chi connectivity index (χ3v) is 5.31. The van der Waals surface area contributed by atoms with E-state index in [1.165, 1.54) is 11.8 Å². The molecule has 3 rings (SSSR count). The van der Waals surface area contributed by atoms with Crippen LogP contribution in [0.15, 0.2) is 17.6 Å². The molecule has 0 bridgehead atoms. The highest BCUT2D eigenvalue weighted by atomic mass is 35.5. The number of rotatable bonds is 5. The van der Waals surface area contributed by atoms with Crippen molar-refractivity contribution in [2.24, 2.45) is 5.92 Å². The van der Waals surface area contributed by atoms with Crippen LogP contribution in [0.3, 0.4) is 0 Å². The minimum absolute atomic E-state index is 0.193. The van der Waals surface area contributed by atoms with Crippen LogP contribution < -0.4 is 4.74 Å². The van der Waals surface area contributed by atoms with Crippen LogP contribution in [-0.4, -0.2) is 20.9 Å². The molecule has 0 N–H and O–H groups in total. The summed E-state index contributed by atoms with van der Waals surface area (Å²) in [6.07, 6.45) is 6.20. The van der Waals surface area contributed by atoms with Gasteiger partial charge in [0.2, 0.25) is 5.88 Å². The van der Waals surface area contributed by atoms with E-state index in [2.05, 4.69) is 15.0 Å². The highest BCUT2D eigenvalue weighted by molar-refractivity contribution is 7.98. The van der Waals surface area contributed by atoms with E-state index in [-0.39, 0.29) is 11.9 Å². The molecule has 0 radical (unpaired) electrons. The lowest BCUT2D eigenvalue weighted by atomic mass is 10.2. The van der Waals surface area contributed by atoms with Gasteiger partial charge in [-0.15, -0.1) is 0 Å². The Hall–Kier alpha value is -1.66. The Balaban J connectivity index is 1.83. The van der Waals surface area contributed by atoms with Crippen LogP contribution in [0.1, 0.15) is 42.7 Å². The molecule has 7 heteroatoms. The summed E-state index contributed by atoms with van der Waals surface area (Å²) >= 11 is 7.73. The molecule has 0 atom stereocenters. The fourth-order valence-corrected chi connectivity index (χ4v) is 3.95. The predicted octanol–water partition coefficient (Wildman–Crippen LogP) is 4.18. The molecule has 0 aliphatic heterocycles. The SMILES string of the molecule is Cc1cncc(Cl)c1CSc1nc2c(c(OC(=O)C(C)C)n1)CCC2. The van der Waals surface area contributed by atoms with E-state index in [1.807, 2.05) is 20.8 Å². The molecule has 5 nitrogen and oxygen atoms in total. The van der Waals surface area contributed by atoms with Crippen LogP contribution >= 0.6 is 23.4 Å². The van der Waals surface area contributed by atoms with Crippen molar-refractivity contribution < 1.29 is 9.53 Å². The van der Waals surface area contributed by atoms with Crippen LogP contribution in [0.4, 0.5) is 0 Å². The number of carbonyl (C=O) groups is 1. The normalized spacial score (nSPS) is 13.2. The van der Waals surface area contributed by atoms with Crippen LogP contribution in [0.2, 0.25) is 5.02 Å². The molecule has 132 valence electrons. The summed E-state index contributed by atoms with van der Waals surface area (Å²) in [4.78, 5) is 25.2. The quantitative estimate of drug-likeness (QED) is 0.442. The van der Waals surface area contributed by atoms with Gasteiger partial charge in [0.25, 0.3) is 0 Å². The van der Waals surface area contributed by atoms with Gasteiger partial charge >= 0.3 is 5.97 Å². The maximum atomic E-state index is 12.0. The van der Waals surface area contributed by atoms with Crippen molar-refractivity contribution in [3.63, 3.8) is 0 Å². The van der Waals surface area contributed by atoms with Crippen molar-refractivity contribution in [1.82, 2.24) is 15.0 Å². The molecule has 0 fully saturated rings. The van der Waals surface area contributed by atoms with Crippen molar-refractivity contribution in [1.29, 1.82) is 0 Å². The molecule has 0 saturated carbocycles. The van der Waals surface area contributed by atoms with Crippen LogP contribution in [0.25, 0.3) is 0 Å². The average molecular weight is 378 g/mol. The van der Waals surface area contributed by atoms with Gasteiger partial charge in [-0.3, -0.25) is 9.78 Å². The minimum atomic E-state index is -0.267. The van der Waals surface area contributed by atoms with E-state index < -0.39 is 0 Å². The molecule has 0 unspecified atom stereocenters. The number of thioether (sulfide) groups is 1. The Morgan fingerprint density at radius 2 is 2.12 bits per heavy atom. The number of ether oxygens (including phenoxy) is 1. The van der Waals surface area contributed by atoms with Gasteiger partial charge in [0.15, 0.2) is 5.16 Å². The van der Waals surface area contributed by atoms with Crippen molar-refractivity contribution in [3.8, 4) is 5.88 Å². The van der Waals surface area contributed by atoms with E-state index in [4.69, 9.17) is 16.3 Å². The van der Waals surface area contributed by atoms with Gasteiger partial charge in [-0.1, -0.05) is 37.2 Å². The topological polar surface area (TPSA) is 65.0 Å². The summed E-state index contributed by atoms with van der Waals surface area (Å²) in [5.74, 6) is 0.600. The molecular weight excluding hydrogens is 358 g/mol. The molecule has 0 saturated heterocycles. The Bertz CT molecular complexity index is 791. The summed E-state index contributed by atoms with van der Waals surface area (Å²) < 4.78 is 5.52. The molecular formula is C18H20ClN3O2S. The third kappa shape index (κ3) is 4.12. The van der Waals surface area contributed by atoms with Crippen LogP contribution in [-0.2, 0) is 23.4 Å². The number of nitrogens with zero attached hydrogens (tertiary/aromatic N) is 3. The van der Waals surface area contributed by atoms with Crippen molar-refractivity contribution >= 4 is 29.3 Å². The van der Waals surface area contributed by atoms with E-state index in [0.29, 0.717) is 21.8 Å². The fourth-order valence-electron chi connectivity index (χ4n) is 2.62. The van der Waals surface area contributed by atoms with Gasteiger partial charge in [-0.2, -0.15) is 4.98 Å². The fraction of sp³-hybridized carbons (Fsp3) is 0.444. The second-order valence-corrected chi connectivity index (χ2v) is 7.72. The van der Waals surface area contributed by atoms with Crippen LogP contribution in [0, 0.1) is 12.8 Å². The van der Waals surface area contributed by atoms with Gasteiger partial charge in [0.1, 0.15) is 0 Å². The molecule has 25 heavy (non-hydrogen) atoms. The molecule has 0 amide bonds. The maximum absolute atomic E-state index is 12.0. The standard InChI is InChI=1S/C18H20ClN3O2S/c1-10(2)17(23)24-16-12-5-4-6-15(12)21-18(22-16)25-9-13-11(3)7-20-8-14(13)19/h7-8,10H,4-6,9H2,1-3H3. The third-order valence-electron chi connectivity index (χ3n) is 4.11. The van der Waals surface area contributed by atoms with Gasteiger partial charge in [0, 0.05) is 23.7 Å². The number of halogens is 1. The summed E-state index contributed by atoms with van der Waals surface area (Å²) in [6.45, 7) is 5.61. The van der Waals surface area contributed by atoms with Gasteiger partial charge < -0.3 is 4.74 Å².